The van der Waals surface area contributed by atoms with E-state index in [9.17, 15) is 0 Å². The molecule has 1 saturated heterocycles. The zero-order valence-corrected chi connectivity index (χ0v) is 8.55. The molecule has 0 spiro atoms. The minimum atomic E-state index is 0.846. The predicted molar refractivity (Wildman–Crippen MR) is 56.2 cm³/mol. The first kappa shape index (κ1) is 10.4. The van der Waals surface area contributed by atoms with Crippen LogP contribution in [0.25, 0.3) is 0 Å². The van der Waals surface area contributed by atoms with Crippen molar-refractivity contribution in [2.45, 2.75) is 26.2 Å². The SMILES string of the molecule is C/C(N)=C/NCCN1CCCCC1. The second-order valence-electron chi connectivity index (χ2n) is 3.74. The van der Waals surface area contributed by atoms with Gasteiger partial charge in [0.15, 0.2) is 0 Å². The van der Waals surface area contributed by atoms with E-state index in [4.69, 9.17) is 5.73 Å². The molecule has 0 saturated carbocycles. The van der Waals surface area contributed by atoms with Crippen molar-refractivity contribution in [1.29, 1.82) is 0 Å². The maximum absolute atomic E-state index is 5.50. The van der Waals surface area contributed by atoms with Gasteiger partial charge < -0.3 is 16.0 Å². The van der Waals surface area contributed by atoms with Gasteiger partial charge in [0.2, 0.25) is 0 Å². The van der Waals surface area contributed by atoms with Crippen LogP contribution in [0, 0.1) is 0 Å². The highest BCUT2D eigenvalue weighted by Crippen LogP contribution is 2.07. The molecule has 1 rings (SSSR count). The van der Waals surface area contributed by atoms with Gasteiger partial charge in [0.1, 0.15) is 0 Å². The Kier molecular flexibility index (Phi) is 4.68. The van der Waals surface area contributed by atoms with Gasteiger partial charge in [-0.2, -0.15) is 0 Å². The molecular formula is C10H21N3. The Morgan fingerprint density at radius 2 is 2.08 bits per heavy atom. The summed E-state index contributed by atoms with van der Waals surface area (Å²) in [7, 11) is 0. The number of hydrogen-bond acceptors (Lipinski definition) is 3. The highest BCUT2D eigenvalue weighted by atomic mass is 15.1. The lowest BCUT2D eigenvalue weighted by molar-refractivity contribution is 0.231. The Morgan fingerprint density at radius 1 is 1.38 bits per heavy atom. The number of rotatable bonds is 4. The molecule has 3 N–H and O–H groups in total. The molecule has 3 nitrogen and oxygen atoms in total. The van der Waals surface area contributed by atoms with Gasteiger partial charge in [0.05, 0.1) is 0 Å². The molecule has 0 bridgehead atoms. The van der Waals surface area contributed by atoms with Gasteiger partial charge in [-0.25, -0.2) is 0 Å². The van der Waals surface area contributed by atoms with E-state index in [-0.39, 0.29) is 0 Å². The summed E-state index contributed by atoms with van der Waals surface area (Å²) >= 11 is 0. The Hall–Kier alpha value is -0.700. The molecule has 0 atom stereocenters. The molecule has 3 heteroatoms. The van der Waals surface area contributed by atoms with Crippen LogP contribution >= 0.6 is 0 Å². The second kappa shape index (κ2) is 5.86. The van der Waals surface area contributed by atoms with Crippen LogP contribution in [-0.4, -0.2) is 31.1 Å². The molecule has 1 aliphatic heterocycles. The zero-order valence-electron chi connectivity index (χ0n) is 8.55. The standard InChI is InChI=1S/C10H21N3/c1-10(11)9-12-5-8-13-6-3-2-4-7-13/h9,12H,2-8,11H2,1H3/b10-9-. The van der Waals surface area contributed by atoms with Crippen molar-refractivity contribution < 1.29 is 0 Å². The van der Waals surface area contributed by atoms with Crippen molar-refractivity contribution in [3.05, 3.63) is 11.9 Å². The fourth-order valence-corrected chi connectivity index (χ4v) is 1.64. The monoisotopic (exact) mass is 183 g/mol. The molecule has 0 unspecified atom stereocenters. The van der Waals surface area contributed by atoms with E-state index in [1.165, 1.54) is 32.4 Å². The molecule has 0 aromatic carbocycles. The van der Waals surface area contributed by atoms with Crippen molar-refractivity contribution in [3.8, 4) is 0 Å². The molecule has 1 fully saturated rings. The second-order valence-corrected chi connectivity index (χ2v) is 3.74. The van der Waals surface area contributed by atoms with E-state index < -0.39 is 0 Å². The Morgan fingerprint density at radius 3 is 2.69 bits per heavy atom. The number of nitrogens with zero attached hydrogens (tertiary/aromatic N) is 1. The van der Waals surface area contributed by atoms with Gasteiger partial charge in [0.25, 0.3) is 0 Å². The summed E-state index contributed by atoms with van der Waals surface area (Å²) in [5, 5.41) is 3.20. The van der Waals surface area contributed by atoms with Gasteiger partial charge in [-0.15, -0.1) is 0 Å². The number of nitrogens with two attached hydrogens (primary N) is 1. The first-order valence-electron chi connectivity index (χ1n) is 5.17. The lowest BCUT2D eigenvalue weighted by Gasteiger charge is -2.26. The molecule has 76 valence electrons. The van der Waals surface area contributed by atoms with E-state index in [0.717, 1.165) is 18.8 Å². The highest BCUT2D eigenvalue weighted by Gasteiger charge is 2.07. The van der Waals surface area contributed by atoms with Crippen LogP contribution < -0.4 is 11.1 Å². The van der Waals surface area contributed by atoms with Crippen molar-refractivity contribution >= 4 is 0 Å². The Bertz CT molecular complexity index is 156. The molecule has 13 heavy (non-hydrogen) atoms. The van der Waals surface area contributed by atoms with Crippen LogP contribution in [-0.2, 0) is 0 Å². The Labute approximate surface area is 81.0 Å². The average Bonchev–Trinajstić information content (AvgIpc) is 2.14. The predicted octanol–water partition coefficient (Wildman–Crippen LogP) is 0.882. The number of hydrogen-bond donors (Lipinski definition) is 2. The van der Waals surface area contributed by atoms with Crippen molar-refractivity contribution in [2.75, 3.05) is 26.2 Å². The van der Waals surface area contributed by atoms with Crippen LogP contribution in [0.2, 0.25) is 0 Å². The quantitative estimate of drug-likeness (QED) is 0.636. The van der Waals surface area contributed by atoms with E-state index >= 15 is 0 Å². The largest absolute Gasteiger partial charge is 0.401 e. The minimum absolute atomic E-state index is 0.846. The summed E-state index contributed by atoms with van der Waals surface area (Å²) in [5.41, 5.74) is 6.34. The summed E-state index contributed by atoms with van der Waals surface area (Å²) in [6.45, 7) is 6.59. The summed E-state index contributed by atoms with van der Waals surface area (Å²) in [5.74, 6) is 0. The van der Waals surface area contributed by atoms with Crippen LogP contribution in [0.5, 0.6) is 0 Å². The van der Waals surface area contributed by atoms with Gasteiger partial charge in [-0.1, -0.05) is 6.42 Å². The zero-order chi connectivity index (χ0) is 9.52. The van der Waals surface area contributed by atoms with Crippen LogP contribution in [0.3, 0.4) is 0 Å². The maximum Gasteiger partial charge on any atom is 0.0269 e. The topological polar surface area (TPSA) is 41.3 Å². The minimum Gasteiger partial charge on any atom is -0.401 e. The molecule has 0 aliphatic carbocycles. The maximum atomic E-state index is 5.50. The third-order valence-corrected chi connectivity index (χ3v) is 2.35. The number of likely N-dealkylation sites (tertiary alicyclic amines) is 1. The van der Waals surface area contributed by atoms with Gasteiger partial charge in [-0.3, -0.25) is 0 Å². The third-order valence-electron chi connectivity index (χ3n) is 2.35. The van der Waals surface area contributed by atoms with Gasteiger partial charge >= 0.3 is 0 Å². The van der Waals surface area contributed by atoms with Crippen molar-refractivity contribution in [1.82, 2.24) is 10.2 Å². The van der Waals surface area contributed by atoms with Gasteiger partial charge in [0, 0.05) is 25.0 Å². The lowest BCUT2D eigenvalue weighted by Crippen LogP contribution is -2.34. The average molecular weight is 183 g/mol. The van der Waals surface area contributed by atoms with Crippen molar-refractivity contribution in [2.24, 2.45) is 5.73 Å². The van der Waals surface area contributed by atoms with Crippen LogP contribution in [0.15, 0.2) is 11.9 Å². The first-order chi connectivity index (χ1) is 6.29. The normalized spacial score (nSPS) is 20.2. The smallest absolute Gasteiger partial charge is 0.0269 e. The third kappa shape index (κ3) is 4.78. The Balaban J connectivity index is 2.01. The molecule has 1 heterocycles. The van der Waals surface area contributed by atoms with Crippen LogP contribution in [0.1, 0.15) is 26.2 Å². The lowest BCUT2D eigenvalue weighted by atomic mass is 10.1. The molecule has 0 aromatic rings. The summed E-state index contributed by atoms with van der Waals surface area (Å²) in [6, 6.07) is 0. The van der Waals surface area contributed by atoms with E-state index in [1.54, 1.807) is 0 Å². The fraction of sp³-hybridized carbons (Fsp3) is 0.800. The summed E-state index contributed by atoms with van der Waals surface area (Å²) < 4.78 is 0. The van der Waals surface area contributed by atoms with Crippen molar-refractivity contribution in [3.63, 3.8) is 0 Å². The van der Waals surface area contributed by atoms with E-state index in [2.05, 4.69) is 10.2 Å². The number of nitrogens with one attached hydrogen (secondary N) is 1. The highest BCUT2D eigenvalue weighted by molar-refractivity contribution is 4.89. The number of allylic oxidation sites excluding steroid dienone is 1. The first-order valence-corrected chi connectivity index (χ1v) is 5.17. The van der Waals surface area contributed by atoms with Crippen LogP contribution in [0.4, 0.5) is 0 Å². The summed E-state index contributed by atoms with van der Waals surface area (Å²) in [4.78, 5) is 2.51. The summed E-state index contributed by atoms with van der Waals surface area (Å²) in [6.07, 6.45) is 6.02. The van der Waals surface area contributed by atoms with Gasteiger partial charge in [-0.05, 0) is 32.9 Å². The molecule has 1 aliphatic rings. The number of piperidine rings is 1. The van der Waals surface area contributed by atoms with E-state index in [0.29, 0.717) is 0 Å². The molecular weight excluding hydrogens is 162 g/mol. The molecule has 0 aromatic heterocycles. The molecule has 0 radical (unpaired) electrons. The fourth-order valence-electron chi connectivity index (χ4n) is 1.64. The van der Waals surface area contributed by atoms with E-state index in [1.807, 2.05) is 13.1 Å². The molecule has 0 amide bonds.